The normalized spacial score (nSPS) is 11.0. The molecule has 2 heterocycles. The summed E-state index contributed by atoms with van der Waals surface area (Å²) in [5.41, 5.74) is 2.85. The van der Waals surface area contributed by atoms with Crippen LogP contribution in [-0.2, 0) is 5.75 Å². The Kier molecular flexibility index (Phi) is 3.88. The van der Waals surface area contributed by atoms with Crippen molar-refractivity contribution in [3.63, 3.8) is 0 Å². The maximum atomic E-state index is 12.1. The van der Waals surface area contributed by atoms with Gasteiger partial charge in [-0.2, -0.15) is 0 Å². The lowest BCUT2D eigenvalue weighted by Gasteiger charge is -2.08. The fourth-order valence-corrected chi connectivity index (χ4v) is 3.48. The van der Waals surface area contributed by atoms with Crippen LogP contribution in [0.15, 0.2) is 76.9 Å². The molecule has 2 aromatic heterocycles. The molecular formula is C18H14N4OS. The van der Waals surface area contributed by atoms with Crippen molar-refractivity contribution in [2.24, 2.45) is 0 Å². The summed E-state index contributed by atoms with van der Waals surface area (Å²) in [6, 6.07) is 20.0. The van der Waals surface area contributed by atoms with Gasteiger partial charge in [0.1, 0.15) is 0 Å². The second kappa shape index (κ2) is 6.33. The van der Waals surface area contributed by atoms with Crippen molar-refractivity contribution >= 4 is 22.9 Å². The molecule has 0 aliphatic heterocycles. The predicted molar refractivity (Wildman–Crippen MR) is 95.5 cm³/mol. The summed E-state index contributed by atoms with van der Waals surface area (Å²) in [5.74, 6) is 0.773. The Hall–Kier alpha value is -2.86. The summed E-state index contributed by atoms with van der Waals surface area (Å²) in [4.78, 5) is 23.5. The van der Waals surface area contributed by atoms with Crippen molar-refractivity contribution in [3.05, 3.63) is 82.9 Å². The van der Waals surface area contributed by atoms with Crippen LogP contribution in [0, 0.1) is 0 Å². The molecule has 6 heteroatoms. The van der Waals surface area contributed by atoms with Crippen LogP contribution in [0.5, 0.6) is 0 Å². The van der Waals surface area contributed by atoms with Gasteiger partial charge in [-0.15, -0.1) is 0 Å². The van der Waals surface area contributed by atoms with Crippen molar-refractivity contribution in [2.75, 3.05) is 0 Å². The third-order valence-electron chi connectivity index (χ3n) is 3.65. The molecule has 118 valence electrons. The monoisotopic (exact) mass is 334 g/mol. The van der Waals surface area contributed by atoms with Gasteiger partial charge < -0.3 is 4.98 Å². The minimum absolute atomic E-state index is 0.226. The van der Waals surface area contributed by atoms with E-state index in [2.05, 4.69) is 27.1 Å². The van der Waals surface area contributed by atoms with Crippen LogP contribution in [0.1, 0.15) is 5.56 Å². The van der Waals surface area contributed by atoms with Gasteiger partial charge in [-0.25, -0.2) is 9.97 Å². The average Bonchev–Trinajstić information content (AvgIpc) is 3.01. The first-order chi connectivity index (χ1) is 11.8. The highest BCUT2D eigenvalue weighted by molar-refractivity contribution is 7.98. The Morgan fingerprint density at radius 3 is 2.46 bits per heavy atom. The standard InChI is InChI=1S/C18H14N4OS/c23-17-15-16(19-12-20-17)22(14-9-5-2-6-10-14)18(21-15)24-11-13-7-3-1-4-8-13/h1-10,12H,11H2,(H,19,20,23). The first-order valence-electron chi connectivity index (χ1n) is 7.51. The highest BCUT2D eigenvalue weighted by Crippen LogP contribution is 2.27. The van der Waals surface area contributed by atoms with E-state index in [4.69, 9.17) is 0 Å². The molecule has 1 N–H and O–H groups in total. The van der Waals surface area contributed by atoms with Crippen molar-refractivity contribution in [1.82, 2.24) is 19.5 Å². The predicted octanol–water partition coefficient (Wildman–Crippen LogP) is 3.40. The van der Waals surface area contributed by atoms with Gasteiger partial charge in [0, 0.05) is 11.4 Å². The third-order valence-corrected chi connectivity index (χ3v) is 4.65. The highest BCUT2D eigenvalue weighted by atomic mass is 32.2. The van der Waals surface area contributed by atoms with Crippen LogP contribution in [-0.4, -0.2) is 19.5 Å². The maximum Gasteiger partial charge on any atom is 0.278 e. The van der Waals surface area contributed by atoms with E-state index >= 15 is 0 Å². The molecule has 0 unspecified atom stereocenters. The molecule has 0 fully saturated rings. The molecule has 4 aromatic rings. The number of aromatic amines is 1. The molecular weight excluding hydrogens is 320 g/mol. The van der Waals surface area contributed by atoms with Crippen molar-refractivity contribution in [2.45, 2.75) is 10.9 Å². The van der Waals surface area contributed by atoms with E-state index < -0.39 is 0 Å². The number of thioether (sulfide) groups is 1. The van der Waals surface area contributed by atoms with Crippen molar-refractivity contribution < 1.29 is 0 Å². The smallest absolute Gasteiger partial charge is 0.278 e. The van der Waals surface area contributed by atoms with E-state index in [-0.39, 0.29) is 5.56 Å². The van der Waals surface area contributed by atoms with Crippen LogP contribution in [0.4, 0.5) is 0 Å². The fourth-order valence-electron chi connectivity index (χ4n) is 2.51. The van der Waals surface area contributed by atoms with Crippen molar-refractivity contribution in [1.29, 1.82) is 0 Å². The summed E-state index contributed by atoms with van der Waals surface area (Å²) in [5, 5.41) is 0.754. The average molecular weight is 334 g/mol. The minimum atomic E-state index is -0.226. The summed E-state index contributed by atoms with van der Waals surface area (Å²) < 4.78 is 1.93. The van der Waals surface area contributed by atoms with E-state index in [1.807, 2.05) is 53.1 Å². The molecule has 2 aromatic carbocycles. The Balaban J connectivity index is 1.82. The number of nitrogens with one attached hydrogen (secondary N) is 1. The molecule has 5 nitrogen and oxygen atoms in total. The molecule has 4 rings (SSSR count). The minimum Gasteiger partial charge on any atom is -0.311 e. The Labute approximate surface area is 142 Å². The fraction of sp³-hybridized carbons (Fsp3) is 0.0556. The summed E-state index contributed by atoms with van der Waals surface area (Å²) in [7, 11) is 0. The molecule has 0 saturated heterocycles. The highest BCUT2D eigenvalue weighted by Gasteiger charge is 2.16. The topological polar surface area (TPSA) is 63.6 Å². The Morgan fingerprint density at radius 2 is 1.71 bits per heavy atom. The number of H-pyrrole nitrogens is 1. The molecule has 0 bridgehead atoms. The van der Waals surface area contributed by atoms with Crippen molar-refractivity contribution in [3.8, 4) is 5.69 Å². The lowest BCUT2D eigenvalue weighted by Crippen LogP contribution is -2.07. The Morgan fingerprint density at radius 1 is 1.00 bits per heavy atom. The van der Waals surface area contributed by atoms with Crippen LogP contribution in [0.2, 0.25) is 0 Å². The number of imidazole rings is 1. The van der Waals surface area contributed by atoms with E-state index in [0.717, 1.165) is 16.6 Å². The lowest BCUT2D eigenvalue weighted by atomic mass is 10.2. The lowest BCUT2D eigenvalue weighted by molar-refractivity contribution is 0.908. The van der Waals surface area contributed by atoms with Gasteiger partial charge >= 0.3 is 0 Å². The zero-order valence-corrected chi connectivity index (χ0v) is 13.5. The van der Waals surface area contributed by atoms with Crippen LogP contribution in [0.3, 0.4) is 0 Å². The number of rotatable bonds is 4. The molecule has 0 atom stereocenters. The first kappa shape index (κ1) is 14.7. The zero-order valence-electron chi connectivity index (χ0n) is 12.7. The third kappa shape index (κ3) is 2.72. The van der Waals surface area contributed by atoms with E-state index in [0.29, 0.717) is 11.2 Å². The van der Waals surface area contributed by atoms with Gasteiger partial charge in [-0.3, -0.25) is 9.36 Å². The largest absolute Gasteiger partial charge is 0.311 e. The van der Waals surface area contributed by atoms with Gasteiger partial charge in [0.25, 0.3) is 5.56 Å². The number of fused-ring (bicyclic) bond motifs is 1. The van der Waals surface area contributed by atoms with Crippen LogP contribution >= 0.6 is 11.8 Å². The summed E-state index contributed by atoms with van der Waals surface area (Å²) in [6.07, 6.45) is 1.41. The number of benzene rings is 2. The molecule has 0 spiro atoms. The quantitative estimate of drug-likeness (QED) is 0.581. The van der Waals surface area contributed by atoms with Gasteiger partial charge in [-0.1, -0.05) is 60.3 Å². The SMILES string of the molecule is O=c1[nH]cnc2c1nc(SCc1ccccc1)n2-c1ccccc1. The second-order valence-corrected chi connectivity index (χ2v) is 6.19. The van der Waals surface area contributed by atoms with E-state index in [1.54, 1.807) is 11.8 Å². The molecule has 0 saturated carbocycles. The van der Waals surface area contributed by atoms with Gasteiger partial charge in [0.2, 0.25) is 0 Å². The van der Waals surface area contributed by atoms with E-state index in [9.17, 15) is 4.79 Å². The van der Waals surface area contributed by atoms with Gasteiger partial charge in [0.05, 0.1) is 6.33 Å². The van der Waals surface area contributed by atoms with Gasteiger partial charge in [0.15, 0.2) is 16.3 Å². The second-order valence-electron chi connectivity index (χ2n) is 5.24. The number of hydrogen-bond acceptors (Lipinski definition) is 4. The first-order valence-corrected chi connectivity index (χ1v) is 8.50. The maximum absolute atomic E-state index is 12.1. The Bertz CT molecular complexity index is 1030. The number of aromatic nitrogens is 4. The van der Waals surface area contributed by atoms with Gasteiger partial charge in [-0.05, 0) is 17.7 Å². The van der Waals surface area contributed by atoms with E-state index in [1.165, 1.54) is 11.9 Å². The summed E-state index contributed by atoms with van der Waals surface area (Å²) in [6.45, 7) is 0. The number of para-hydroxylation sites is 1. The number of hydrogen-bond donors (Lipinski definition) is 1. The zero-order chi connectivity index (χ0) is 16.4. The molecule has 0 aliphatic rings. The molecule has 0 aliphatic carbocycles. The van der Waals surface area contributed by atoms with Crippen LogP contribution in [0.25, 0.3) is 16.9 Å². The molecule has 0 amide bonds. The van der Waals surface area contributed by atoms with Crippen LogP contribution < -0.4 is 5.56 Å². The number of nitrogens with zero attached hydrogens (tertiary/aromatic N) is 3. The molecule has 0 radical (unpaired) electrons. The molecule has 24 heavy (non-hydrogen) atoms. The summed E-state index contributed by atoms with van der Waals surface area (Å²) >= 11 is 1.59.